The summed E-state index contributed by atoms with van der Waals surface area (Å²) in [6.07, 6.45) is 0.364. The summed E-state index contributed by atoms with van der Waals surface area (Å²) in [5, 5.41) is 11.7. The van der Waals surface area contributed by atoms with E-state index in [1.165, 1.54) is 66.9 Å². The number of carbonyl (C=O) groups excluding carboxylic acids is 5. The van der Waals surface area contributed by atoms with Gasteiger partial charge in [-0.25, -0.2) is 16.8 Å². The quantitative estimate of drug-likeness (QED) is 0.0171. The number of anilines is 4. The summed E-state index contributed by atoms with van der Waals surface area (Å²) >= 11 is 2.90. The van der Waals surface area contributed by atoms with Crippen LogP contribution in [0.25, 0.3) is 21.5 Å². The molecule has 0 spiro atoms. The van der Waals surface area contributed by atoms with E-state index in [0.29, 0.717) is 41.3 Å². The SMILES string of the molecule is COC(=O)CBr.COC(=O)C[C@H](C)N(Cc1ccccc1)c1ccc(N(CC(=O)OC)S(=O)(=O)c2ccc(OC)cc2)c2ccccc12.COC(=O)C[C@H](C)N(Cc1ccccc1)c1ccc(NS(=O)(=O)c2ccc(OC)cc2)c2ccccc12.O=CO[O-].[H-].[K+].[K+]. The van der Waals surface area contributed by atoms with E-state index in [4.69, 9.17) is 33.7 Å². The van der Waals surface area contributed by atoms with Crippen LogP contribution in [0.15, 0.2) is 192 Å². The van der Waals surface area contributed by atoms with Crippen molar-refractivity contribution >= 4 is 111 Å². The molecule has 0 aromatic heterocycles. The maximum absolute atomic E-state index is 14.0. The molecule has 8 rings (SSSR count). The van der Waals surface area contributed by atoms with Gasteiger partial charge in [-0.15, -0.1) is 0 Å². The molecule has 474 valence electrons. The smallest absolute Gasteiger partial charge is 1.00 e. The van der Waals surface area contributed by atoms with E-state index in [2.05, 4.69) is 40.1 Å². The van der Waals surface area contributed by atoms with Crippen LogP contribution in [0.2, 0.25) is 0 Å². The normalized spacial score (nSPS) is 11.1. The molecule has 0 amide bonds. The van der Waals surface area contributed by atoms with Gasteiger partial charge in [0.05, 0.1) is 76.7 Å². The molecule has 21 nitrogen and oxygen atoms in total. The largest absolute Gasteiger partial charge is 1.00 e. The standard InChI is InChI=1S/C32H34N2O7S.C29H30N2O5S.C3H5BrO2.CH2O3.2K.H/c1-23(20-31(35)40-3)33(21-24-10-6-5-7-11-24)29-18-19-30(28-13-9-8-12-27(28)29)34(22-32(36)41-4)42(37,38)26-16-14-25(39-2)15-17-26;1-21(19-29(32)36-3)31(20-22-9-5-4-6-10-22)28-18-17-27(25-11-7-8-12-26(25)28)30-37(33,34)24-15-13-23(35-2)14-16-24;1-6-3(5)2-4;2-1-4-3;;;/h5-19,23H,20-22H2,1-4H3;4-18,21,30H,19-20H2,1-3H3;2H2,1H3;1,3H;;;/q;;;;2*+1;-1/p-1/t23-;21-;;;;;/m00...../s1. The molecule has 0 fully saturated rings. The summed E-state index contributed by atoms with van der Waals surface area (Å²) in [4.78, 5) is 62.4. The Kier molecular flexibility index (Phi) is 35.0. The van der Waals surface area contributed by atoms with E-state index in [1.807, 2.05) is 135 Å². The fourth-order valence-electron chi connectivity index (χ4n) is 9.11. The van der Waals surface area contributed by atoms with Gasteiger partial charge < -0.3 is 49.8 Å². The van der Waals surface area contributed by atoms with Gasteiger partial charge in [0.1, 0.15) is 23.4 Å². The molecule has 8 aromatic carbocycles. The monoisotopic (exact) mass is 1400 g/mol. The van der Waals surface area contributed by atoms with Crippen LogP contribution in [0.4, 0.5) is 22.7 Å². The van der Waals surface area contributed by atoms with Crippen molar-refractivity contribution in [1.82, 2.24) is 0 Å². The average Bonchev–Trinajstić information content (AvgIpc) is 0.789. The van der Waals surface area contributed by atoms with Crippen LogP contribution < -0.4 is 136 Å². The third kappa shape index (κ3) is 23.2. The molecular formula is C65H71BrK2N4O17S2. The van der Waals surface area contributed by atoms with Crippen molar-refractivity contribution in [3.8, 4) is 11.5 Å². The number of carbonyl (C=O) groups is 5. The number of ether oxygens (including phenoxy) is 6. The van der Waals surface area contributed by atoms with Crippen molar-refractivity contribution in [1.29, 1.82) is 0 Å². The molecule has 0 radical (unpaired) electrons. The molecule has 8 aromatic rings. The number of methoxy groups -OCH3 is 6. The third-order valence-electron chi connectivity index (χ3n) is 13.6. The van der Waals surface area contributed by atoms with E-state index in [-0.39, 0.29) is 169 Å². The van der Waals surface area contributed by atoms with Gasteiger partial charge in [-0.3, -0.25) is 33.0 Å². The Morgan fingerprint density at radius 3 is 1.25 bits per heavy atom. The van der Waals surface area contributed by atoms with Crippen molar-refractivity contribution in [2.75, 3.05) is 73.4 Å². The van der Waals surface area contributed by atoms with Crippen molar-refractivity contribution in [2.24, 2.45) is 0 Å². The Balaban J connectivity index is 0.000000533. The van der Waals surface area contributed by atoms with Gasteiger partial charge in [0.2, 0.25) is 0 Å². The Hall–Kier alpha value is -5.96. The maximum atomic E-state index is 14.0. The van der Waals surface area contributed by atoms with Crippen LogP contribution in [0, 0.1) is 0 Å². The van der Waals surface area contributed by atoms with Crippen LogP contribution in [-0.4, -0.2) is 114 Å². The second kappa shape index (κ2) is 40.2. The first-order chi connectivity index (χ1) is 42.7. The second-order valence-electron chi connectivity index (χ2n) is 19.3. The number of benzene rings is 8. The average molecular weight is 1400 g/mol. The van der Waals surface area contributed by atoms with E-state index < -0.39 is 32.6 Å². The van der Waals surface area contributed by atoms with Gasteiger partial charge in [-0.1, -0.05) is 125 Å². The predicted molar refractivity (Wildman–Crippen MR) is 343 cm³/mol. The van der Waals surface area contributed by atoms with Crippen molar-refractivity contribution in [2.45, 2.75) is 61.7 Å². The molecule has 0 aliphatic rings. The molecule has 2 atom stereocenters. The minimum atomic E-state index is -4.19. The zero-order valence-electron chi connectivity index (χ0n) is 53.3. The zero-order chi connectivity index (χ0) is 65.1. The topological polar surface area (TPSA) is 263 Å². The van der Waals surface area contributed by atoms with Gasteiger partial charge in [-0.2, -0.15) is 0 Å². The molecule has 0 saturated heterocycles. The van der Waals surface area contributed by atoms with Crippen LogP contribution in [0.5, 0.6) is 11.5 Å². The van der Waals surface area contributed by atoms with E-state index >= 15 is 0 Å². The minimum absolute atomic E-state index is 0. The summed E-state index contributed by atoms with van der Waals surface area (Å²) in [7, 11) is 0.317. The molecule has 0 saturated carbocycles. The molecular weight excluding hydrogens is 1330 g/mol. The van der Waals surface area contributed by atoms with Gasteiger partial charge in [0, 0.05) is 58.1 Å². The maximum Gasteiger partial charge on any atom is 1.00 e. The number of sulfonamides is 2. The molecule has 0 aliphatic carbocycles. The number of hydrogen-bond donors (Lipinski definition) is 1. The van der Waals surface area contributed by atoms with E-state index in [9.17, 15) is 36.0 Å². The molecule has 91 heavy (non-hydrogen) atoms. The molecule has 0 heterocycles. The zero-order valence-corrected chi connectivity index (χ0v) is 61.7. The Morgan fingerprint density at radius 1 is 0.505 bits per heavy atom. The third-order valence-corrected chi connectivity index (χ3v) is 17.3. The fraction of sp³-hybridized carbons (Fsp3) is 0.246. The summed E-state index contributed by atoms with van der Waals surface area (Å²) in [5.41, 5.74) is 4.60. The summed E-state index contributed by atoms with van der Waals surface area (Å²) in [6, 6.07) is 53.8. The molecule has 0 bridgehead atoms. The fourth-order valence-corrected chi connectivity index (χ4v) is 11.9. The first-order valence-corrected chi connectivity index (χ1v) is 31.3. The number of fused-ring (bicyclic) bond motifs is 2. The van der Waals surface area contributed by atoms with Gasteiger partial charge >= 0.3 is 127 Å². The van der Waals surface area contributed by atoms with Crippen molar-refractivity contribution < 1.29 is 184 Å². The number of halogens is 1. The van der Waals surface area contributed by atoms with Crippen LogP contribution in [-0.2, 0) is 80.9 Å². The molecule has 26 heteroatoms. The molecule has 1 N–H and O–H groups in total. The summed E-state index contributed by atoms with van der Waals surface area (Å²) < 4.78 is 87.3. The summed E-state index contributed by atoms with van der Waals surface area (Å²) in [6.45, 7) is 4.29. The molecule has 0 unspecified atom stereocenters. The number of esters is 4. The summed E-state index contributed by atoms with van der Waals surface area (Å²) in [5.74, 6) is -0.501. The Labute approximate surface area is 626 Å². The van der Waals surface area contributed by atoms with Gasteiger partial charge in [0.25, 0.3) is 26.5 Å². The van der Waals surface area contributed by atoms with E-state index in [1.54, 1.807) is 36.4 Å². The predicted octanol–water partition coefficient (Wildman–Crippen LogP) is 3.89. The van der Waals surface area contributed by atoms with Crippen molar-refractivity contribution in [3.05, 3.63) is 193 Å². The van der Waals surface area contributed by atoms with Crippen molar-refractivity contribution in [3.63, 3.8) is 0 Å². The van der Waals surface area contributed by atoms with Crippen LogP contribution >= 0.6 is 15.9 Å². The number of nitrogens with one attached hydrogen (secondary N) is 1. The molecule has 0 aliphatic heterocycles. The number of rotatable bonds is 24. The number of nitrogens with zero attached hydrogens (tertiary/aromatic N) is 3. The number of alkyl halides is 1. The van der Waals surface area contributed by atoms with Gasteiger partial charge in [0.15, 0.2) is 0 Å². The second-order valence-corrected chi connectivity index (χ2v) is 23.4. The van der Waals surface area contributed by atoms with Crippen LogP contribution in [0.1, 0.15) is 39.2 Å². The minimum Gasteiger partial charge on any atom is -1.00 e. The Morgan fingerprint density at radius 2 is 0.868 bits per heavy atom. The number of hydrogen-bond acceptors (Lipinski definition) is 19. The Bertz CT molecular complexity index is 3850. The van der Waals surface area contributed by atoms with Gasteiger partial charge in [-0.05, 0) is 97.8 Å². The first-order valence-electron chi connectivity index (χ1n) is 27.3. The van der Waals surface area contributed by atoms with E-state index in [0.717, 1.165) is 43.0 Å². The first kappa shape index (κ1) is 79.3. The van der Waals surface area contributed by atoms with Crippen LogP contribution in [0.3, 0.4) is 0 Å².